The summed E-state index contributed by atoms with van der Waals surface area (Å²) in [5.41, 5.74) is 10.6. The fourth-order valence-electron chi connectivity index (χ4n) is 5.43. The third kappa shape index (κ3) is 4.02. The van der Waals surface area contributed by atoms with Gasteiger partial charge >= 0.3 is 0 Å². The van der Waals surface area contributed by atoms with Gasteiger partial charge in [0, 0.05) is 23.7 Å². The Balaban J connectivity index is 1.56. The molecule has 1 saturated carbocycles. The van der Waals surface area contributed by atoms with Crippen LogP contribution < -0.4 is 5.73 Å². The maximum atomic E-state index is 13.5. The lowest BCUT2D eigenvalue weighted by Gasteiger charge is -2.17. The van der Waals surface area contributed by atoms with E-state index in [9.17, 15) is 13.5 Å². The minimum atomic E-state index is -3.84. The lowest BCUT2D eigenvalue weighted by molar-refractivity contribution is 0.0786. The van der Waals surface area contributed by atoms with Crippen molar-refractivity contribution in [2.75, 3.05) is 0 Å². The molecule has 1 aliphatic carbocycles. The average Bonchev–Trinajstić information content (AvgIpc) is 3.60. The highest BCUT2D eigenvalue weighted by molar-refractivity contribution is 7.90. The third-order valence-corrected chi connectivity index (χ3v) is 9.26. The van der Waals surface area contributed by atoms with Gasteiger partial charge in [-0.25, -0.2) is 22.4 Å². The first-order valence-electron chi connectivity index (χ1n) is 12.8. The van der Waals surface area contributed by atoms with Crippen molar-refractivity contribution in [2.24, 2.45) is 5.73 Å². The number of aryl methyl sites for hydroxylation is 1. The van der Waals surface area contributed by atoms with Crippen molar-refractivity contribution in [1.82, 2.24) is 18.3 Å². The van der Waals surface area contributed by atoms with Crippen LogP contribution in [-0.4, -0.2) is 37.9 Å². The Hall–Kier alpha value is -3.53. The Morgan fingerprint density at radius 2 is 1.71 bits per heavy atom. The van der Waals surface area contributed by atoms with Gasteiger partial charge in [0.1, 0.15) is 5.82 Å². The summed E-state index contributed by atoms with van der Waals surface area (Å²) in [5, 5.41) is 10.4. The molecule has 2 atom stereocenters. The quantitative estimate of drug-likeness (QED) is 0.340. The second-order valence-corrected chi connectivity index (χ2v) is 12.7. The maximum absolute atomic E-state index is 13.5. The number of aliphatic hydroxyl groups is 1. The Bertz CT molecular complexity index is 1760. The van der Waals surface area contributed by atoms with E-state index in [0.29, 0.717) is 11.2 Å². The second-order valence-electron chi connectivity index (χ2n) is 10.8. The van der Waals surface area contributed by atoms with E-state index in [4.69, 9.17) is 10.7 Å². The monoisotopic (exact) mass is 529 g/mol. The predicted octanol–water partition coefficient (Wildman–Crippen LogP) is 4.72. The van der Waals surface area contributed by atoms with Crippen molar-refractivity contribution in [2.45, 2.75) is 62.5 Å². The molecule has 9 heteroatoms. The number of hydrogen-bond acceptors (Lipinski definition) is 6. The van der Waals surface area contributed by atoms with Gasteiger partial charge in [-0.2, -0.15) is 0 Å². The van der Waals surface area contributed by atoms with Crippen LogP contribution in [0.4, 0.5) is 0 Å². The molecule has 5 aromatic rings. The number of rotatable bonds is 5. The van der Waals surface area contributed by atoms with E-state index in [1.807, 2.05) is 35.6 Å². The zero-order valence-electron chi connectivity index (χ0n) is 21.7. The summed E-state index contributed by atoms with van der Waals surface area (Å²) in [6, 6.07) is 16.4. The van der Waals surface area contributed by atoms with Crippen LogP contribution in [0.2, 0.25) is 0 Å². The summed E-state index contributed by atoms with van der Waals surface area (Å²) in [5.74, 6) is 1.02. The first-order chi connectivity index (χ1) is 18.0. The van der Waals surface area contributed by atoms with Gasteiger partial charge in [0.2, 0.25) is 0 Å². The molecule has 0 aliphatic heterocycles. The zero-order valence-corrected chi connectivity index (χ0v) is 22.5. The molecule has 38 heavy (non-hydrogen) atoms. The molecule has 0 unspecified atom stereocenters. The summed E-state index contributed by atoms with van der Waals surface area (Å²) >= 11 is 0. The summed E-state index contributed by atoms with van der Waals surface area (Å²) < 4.78 is 30.4. The fraction of sp³-hybridized carbons (Fsp3) is 0.310. The smallest absolute Gasteiger partial charge is 0.269 e. The molecule has 0 radical (unpaired) electrons. The lowest BCUT2D eigenvalue weighted by atomic mass is 9.97. The SMILES string of the molecule is Cc1ccc(S(=O)(=O)n2ccc3c2ncc2c(-c4ccc(C(C)(C)O)cc4)nc([C@@H]4CC[C@H](N)C4)n23)cc1. The maximum Gasteiger partial charge on any atom is 0.269 e. The zero-order chi connectivity index (χ0) is 26.8. The normalized spacial score (nSPS) is 18.6. The van der Waals surface area contributed by atoms with Crippen molar-refractivity contribution in [1.29, 1.82) is 0 Å². The van der Waals surface area contributed by atoms with Crippen LogP contribution in [0.3, 0.4) is 0 Å². The van der Waals surface area contributed by atoms with E-state index in [2.05, 4.69) is 4.98 Å². The number of benzene rings is 2. The average molecular weight is 530 g/mol. The summed E-state index contributed by atoms with van der Waals surface area (Å²) in [6.45, 7) is 5.43. The van der Waals surface area contributed by atoms with E-state index in [-0.39, 0.29) is 16.9 Å². The highest BCUT2D eigenvalue weighted by atomic mass is 32.2. The van der Waals surface area contributed by atoms with Gasteiger partial charge < -0.3 is 10.8 Å². The highest BCUT2D eigenvalue weighted by Gasteiger charge is 2.30. The van der Waals surface area contributed by atoms with E-state index >= 15 is 0 Å². The Kier molecular flexibility index (Phi) is 5.71. The molecule has 2 aromatic carbocycles. The minimum absolute atomic E-state index is 0.116. The number of nitrogens with two attached hydrogens (primary N) is 1. The van der Waals surface area contributed by atoms with Crippen molar-refractivity contribution < 1.29 is 13.5 Å². The van der Waals surface area contributed by atoms with Crippen molar-refractivity contribution in [3.05, 3.63) is 83.9 Å². The largest absolute Gasteiger partial charge is 0.386 e. The van der Waals surface area contributed by atoms with Crippen LogP contribution in [0, 0.1) is 6.92 Å². The first-order valence-corrected chi connectivity index (χ1v) is 14.3. The minimum Gasteiger partial charge on any atom is -0.386 e. The van der Waals surface area contributed by atoms with E-state index in [1.165, 1.54) is 3.97 Å². The van der Waals surface area contributed by atoms with Gasteiger partial charge in [0.15, 0.2) is 5.65 Å². The van der Waals surface area contributed by atoms with Gasteiger partial charge in [-0.1, -0.05) is 42.0 Å². The Morgan fingerprint density at radius 3 is 2.34 bits per heavy atom. The number of nitrogens with zero attached hydrogens (tertiary/aromatic N) is 4. The summed E-state index contributed by atoms with van der Waals surface area (Å²) in [6.07, 6.45) is 5.93. The van der Waals surface area contributed by atoms with Crippen LogP contribution in [0.25, 0.3) is 27.9 Å². The molecule has 3 heterocycles. The van der Waals surface area contributed by atoms with Gasteiger partial charge in [0.05, 0.1) is 33.4 Å². The van der Waals surface area contributed by atoms with Gasteiger partial charge in [-0.15, -0.1) is 0 Å². The Labute approximate surface area is 221 Å². The number of aromatic nitrogens is 4. The molecule has 1 fully saturated rings. The van der Waals surface area contributed by atoms with Crippen LogP contribution in [0.5, 0.6) is 0 Å². The number of fused-ring (bicyclic) bond motifs is 3. The molecule has 3 aromatic heterocycles. The lowest BCUT2D eigenvalue weighted by Crippen LogP contribution is -2.15. The molecule has 0 saturated heterocycles. The molecule has 196 valence electrons. The molecule has 0 amide bonds. The van der Waals surface area contributed by atoms with Crippen LogP contribution in [-0.2, 0) is 15.6 Å². The van der Waals surface area contributed by atoms with Crippen molar-refractivity contribution >= 4 is 26.7 Å². The molecule has 3 N–H and O–H groups in total. The molecule has 0 bridgehead atoms. The van der Waals surface area contributed by atoms with E-state index in [0.717, 1.165) is 53.0 Å². The molecule has 8 nitrogen and oxygen atoms in total. The van der Waals surface area contributed by atoms with Gasteiger partial charge in [-0.3, -0.25) is 4.40 Å². The molecular weight excluding hydrogens is 498 g/mol. The number of imidazole rings is 1. The van der Waals surface area contributed by atoms with Gasteiger partial charge in [0.25, 0.3) is 10.0 Å². The third-order valence-electron chi connectivity index (χ3n) is 7.58. The van der Waals surface area contributed by atoms with Crippen LogP contribution in [0.15, 0.2) is 71.9 Å². The topological polar surface area (TPSA) is 116 Å². The second kappa shape index (κ2) is 8.76. The predicted molar refractivity (Wildman–Crippen MR) is 147 cm³/mol. The first kappa shape index (κ1) is 24.8. The molecule has 6 rings (SSSR count). The standard InChI is InChI=1S/C29H31N5O3S/c1-18-4-12-23(13-5-18)38(36,37)33-15-14-24-28(33)31-17-25-26(19-6-9-21(10-7-19)29(2,3)35)32-27(34(24)25)20-8-11-22(30)16-20/h4-7,9-10,12-15,17,20,22,35H,8,11,16,30H2,1-3H3/t20-,22+/m1/s1. The Morgan fingerprint density at radius 1 is 1.00 bits per heavy atom. The summed E-state index contributed by atoms with van der Waals surface area (Å²) in [4.78, 5) is 9.95. The molecule has 0 spiro atoms. The fourth-order valence-corrected chi connectivity index (χ4v) is 6.73. The number of hydrogen-bond donors (Lipinski definition) is 2. The summed E-state index contributed by atoms with van der Waals surface area (Å²) in [7, 11) is -3.84. The molecule has 1 aliphatic rings. The van der Waals surface area contributed by atoms with E-state index < -0.39 is 15.6 Å². The van der Waals surface area contributed by atoms with Crippen LogP contribution in [0.1, 0.15) is 56.0 Å². The van der Waals surface area contributed by atoms with E-state index in [1.54, 1.807) is 56.6 Å². The van der Waals surface area contributed by atoms with Crippen molar-refractivity contribution in [3.63, 3.8) is 0 Å². The van der Waals surface area contributed by atoms with Crippen LogP contribution >= 0.6 is 0 Å². The molecular formula is C29H31N5O3S. The van der Waals surface area contributed by atoms with Gasteiger partial charge in [-0.05, 0) is 63.8 Å². The van der Waals surface area contributed by atoms with Crippen molar-refractivity contribution in [3.8, 4) is 11.3 Å². The highest BCUT2D eigenvalue weighted by Crippen LogP contribution is 2.38.